The third-order valence-electron chi connectivity index (χ3n) is 9.46. The molecule has 0 aliphatic heterocycles. The molecule has 10 aromatic rings. The molecule has 0 atom stereocenters. The number of rotatable bonds is 3. The van der Waals surface area contributed by atoms with E-state index in [4.69, 9.17) is 8.83 Å². The molecule has 0 saturated heterocycles. The first-order chi connectivity index (χ1) is 22.8. The largest absolute Gasteiger partial charge is 0.456 e. The van der Waals surface area contributed by atoms with Gasteiger partial charge in [-0.05, 0) is 84.9 Å². The fourth-order valence-corrected chi connectivity index (χ4v) is 7.45. The molecule has 0 spiro atoms. The Morgan fingerprint density at radius 1 is 0.326 bits per heavy atom. The molecular weight excluding hydrogens is 560 g/mol. The van der Waals surface area contributed by atoms with Crippen LogP contribution < -0.4 is 0 Å². The molecule has 10 rings (SSSR count). The summed E-state index contributed by atoms with van der Waals surface area (Å²) in [6.45, 7) is 0. The third-order valence-corrected chi connectivity index (χ3v) is 9.46. The monoisotopic (exact) mass is 586 g/mol. The van der Waals surface area contributed by atoms with Gasteiger partial charge >= 0.3 is 0 Å². The van der Waals surface area contributed by atoms with Crippen molar-refractivity contribution in [3.05, 3.63) is 158 Å². The standard InChI is InChI=1S/C44H26O2/c1-2-12-27(13-3-1)28-22-23-39-37(24-28)44-31-16-6-5-15-30(31)36(26-41(44)46-39)42-32-17-7-9-19-34(32)43(35-20-10-8-18-33(35)42)40-25-29-14-4-11-21-38(29)45-40/h1-26H. The van der Waals surface area contributed by atoms with E-state index in [9.17, 15) is 0 Å². The molecule has 0 amide bonds. The minimum Gasteiger partial charge on any atom is -0.456 e. The van der Waals surface area contributed by atoms with Gasteiger partial charge in [-0.3, -0.25) is 0 Å². The van der Waals surface area contributed by atoms with Gasteiger partial charge in [0.1, 0.15) is 22.5 Å². The lowest BCUT2D eigenvalue weighted by molar-refractivity contribution is 0.633. The summed E-state index contributed by atoms with van der Waals surface area (Å²) in [4.78, 5) is 0. The van der Waals surface area contributed by atoms with Crippen molar-refractivity contribution in [2.45, 2.75) is 0 Å². The molecule has 46 heavy (non-hydrogen) atoms. The van der Waals surface area contributed by atoms with Crippen LogP contribution in [0.1, 0.15) is 0 Å². The number of fused-ring (bicyclic) bond motifs is 8. The number of hydrogen-bond donors (Lipinski definition) is 0. The average molecular weight is 587 g/mol. The molecule has 0 aliphatic carbocycles. The van der Waals surface area contributed by atoms with E-state index in [1.807, 2.05) is 12.1 Å². The van der Waals surface area contributed by atoms with Gasteiger partial charge in [0.05, 0.1) is 0 Å². The van der Waals surface area contributed by atoms with Crippen molar-refractivity contribution in [1.29, 1.82) is 0 Å². The van der Waals surface area contributed by atoms with Gasteiger partial charge in [0, 0.05) is 21.7 Å². The molecule has 0 saturated carbocycles. The maximum Gasteiger partial charge on any atom is 0.136 e. The molecule has 2 nitrogen and oxygen atoms in total. The minimum atomic E-state index is 0.881. The minimum absolute atomic E-state index is 0.881. The summed E-state index contributed by atoms with van der Waals surface area (Å²) < 4.78 is 13.2. The summed E-state index contributed by atoms with van der Waals surface area (Å²) in [5, 5.41) is 10.5. The highest BCUT2D eigenvalue weighted by Crippen LogP contribution is 2.48. The Morgan fingerprint density at radius 2 is 0.935 bits per heavy atom. The van der Waals surface area contributed by atoms with Crippen LogP contribution in [-0.4, -0.2) is 0 Å². The lowest BCUT2D eigenvalue weighted by Crippen LogP contribution is -1.91. The quantitative estimate of drug-likeness (QED) is 0.193. The molecule has 2 heteroatoms. The molecule has 214 valence electrons. The van der Waals surface area contributed by atoms with Crippen molar-refractivity contribution >= 4 is 65.2 Å². The predicted octanol–water partition coefficient (Wildman–Crippen LogP) is 12.8. The van der Waals surface area contributed by atoms with E-state index in [2.05, 4.69) is 146 Å². The van der Waals surface area contributed by atoms with Crippen LogP contribution in [0.25, 0.3) is 98.8 Å². The highest BCUT2D eigenvalue weighted by Gasteiger charge is 2.22. The zero-order chi connectivity index (χ0) is 30.2. The van der Waals surface area contributed by atoms with E-state index < -0.39 is 0 Å². The lowest BCUT2D eigenvalue weighted by Gasteiger charge is -2.18. The Labute approximate surface area is 264 Å². The van der Waals surface area contributed by atoms with Crippen LogP contribution in [0.4, 0.5) is 0 Å². The molecule has 2 heterocycles. The van der Waals surface area contributed by atoms with Crippen molar-refractivity contribution in [2.24, 2.45) is 0 Å². The Kier molecular flexibility index (Phi) is 5.31. The van der Waals surface area contributed by atoms with Gasteiger partial charge in [-0.1, -0.05) is 127 Å². The van der Waals surface area contributed by atoms with E-state index in [-0.39, 0.29) is 0 Å². The predicted molar refractivity (Wildman–Crippen MR) is 192 cm³/mol. The second-order valence-corrected chi connectivity index (χ2v) is 12.0. The molecular formula is C44H26O2. The van der Waals surface area contributed by atoms with E-state index in [1.54, 1.807) is 0 Å². The van der Waals surface area contributed by atoms with E-state index in [1.165, 1.54) is 38.2 Å². The highest BCUT2D eigenvalue weighted by atomic mass is 16.3. The molecule has 8 aromatic carbocycles. The normalized spacial score (nSPS) is 11.9. The van der Waals surface area contributed by atoms with E-state index in [0.29, 0.717) is 0 Å². The summed E-state index contributed by atoms with van der Waals surface area (Å²) in [5.74, 6) is 0.881. The van der Waals surface area contributed by atoms with Crippen LogP contribution in [0.15, 0.2) is 167 Å². The average Bonchev–Trinajstić information content (AvgIpc) is 3.72. The zero-order valence-electron chi connectivity index (χ0n) is 24.8. The Morgan fingerprint density at radius 3 is 1.65 bits per heavy atom. The highest BCUT2D eigenvalue weighted by molar-refractivity contribution is 6.28. The van der Waals surface area contributed by atoms with Crippen LogP contribution in [0.5, 0.6) is 0 Å². The summed E-state index contributed by atoms with van der Waals surface area (Å²) in [7, 11) is 0. The van der Waals surface area contributed by atoms with Gasteiger partial charge in [-0.2, -0.15) is 0 Å². The summed E-state index contributed by atoms with van der Waals surface area (Å²) in [6.07, 6.45) is 0. The van der Waals surface area contributed by atoms with Crippen molar-refractivity contribution in [2.75, 3.05) is 0 Å². The molecule has 2 aromatic heterocycles. The second kappa shape index (κ2) is 9.69. The van der Waals surface area contributed by atoms with E-state index >= 15 is 0 Å². The number of benzene rings is 8. The van der Waals surface area contributed by atoms with Gasteiger partial charge in [0.2, 0.25) is 0 Å². The van der Waals surface area contributed by atoms with Gasteiger partial charge in [0.25, 0.3) is 0 Å². The molecule has 0 bridgehead atoms. The Balaban J connectivity index is 1.31. The second-order valence-electron chi connectivity index (χ2n) is 12.0. The van der Waals surface area contributed by atoms with Crippen LogP contribution in [0, 0.1) is 0 Å². The van der Waals surface area contributed by atoms with Crippen molar-refractivity contribution in [3.8, 4) is 33.6 Å². The first-order valence-electron chi connectivity index (χ1n) is 15.7. The first-order valence-corrected chi connectivity index (χ1v) is 15.7. The lowest BCUT2D eigenvalue weighted by atomic mass is 9.85. The van der Waals surface area contributed by atoms with Gasteiger partial charge in [-0.25, -0.2) is 0 Å². The van der Waals surface area contributed by atoms with Crippen LogP contribution >= 0.6 is 0 Å². The van der Waals surface area contributed by atoms with Crippen LogP contribution in [0.3, 0.4) is 0 Å². The molecule has 0 radical (unpaired) electrons. The van der Waals surface area contributed by atoms with E-state index in [0.717, 1.165) is 60.6 Å². The number of furan rings is 2. The van der Waals surface area contributed by atoms with Gasteiger partial charge < -0.3 is 8.83 Å². The fourth-order valence-electron chi connectivity index (χ4n) is 7.45. The number of para-hydroxylation sites is 1. The third kappa shape index (κ3) is 3.65. The van der Waals surface area contributed by atoms with Gasteiger partial charge in [-0.15, -0.1) is 0 Å². The molecule has 0 N–H and O–H groups in total. The van der Waals surface area contributed by atoms with Crippen molar-refractivity contribution in [3.63, 3.8) is 0 Å². The number of hydrogen-bond acceptors (Lipinski definition) is 2. The first kappa shape index (κ1) is 25.2. The molecule has 0 unspecified atom stereocenters. The van der Waals surface area contributed by atoms with Gasteiger partial charge in [0.15, 0.2) is 0 Å². The SMILES string of the molecule is c1ccc(-c2ccc3oc4cc(-c5c6ccccc6c(-c6cc7ccccc7o6)c6ccccc56)c5ccccc5c4c3c2)cc1. The molecule has 0 aliphatic rings. The maximum atomic E-state index is 6.65. The van der Waals surface area contributed by atoms with Crippen LogP contribution in [0.2, 0.25) is 0 Å². The van der Waals surface area contributed by atoms with Crippen molar-refractivity contribution < 1.29 is 8.83 Å². The zero-order valence-corrected chi connectivity index (χ0v) is 24.8. The van der Waals surface area contributed by atoms with Crippen LogP contribution in [-0.2, 0) is 0 Å². The molecule has 0 fully saturated rings. The Bertz CT molecular complexity index is 2710. The smallest absolute Gasteiger partial charge is 0.136 e. The fraction of sp³-hybridized carbons (Fsp3) is 0. The topological polar surface area (TPSA) is 26.3 Å². The summed E-state index contributed by atoms with van der Waals surface area (Å²) in [6, 6.07) is 55.9. The Hall–Kier alpha value is -6.12. The summed E-state index contributed by atoms with van der Waals surface area (Å²) in [5.41, 5.74) is 8.54. The maximum absolute atomic E-state index is 6.65. The van der Waals surface area contributed by atoms with Crippen molar-refractivity contribution in [1.82, 2.24) is 0 Å². The summed E-state index contributed by atoms with van der Waals surface area (Å²) >= 11 is 0.